The van der Waals surface area contributed by atoms with E-state index >= 15 is 0 Å². The molecule has 2 nitrogen and oxygen atoms in total. The summed E-state index contributed by atoms with van der Waals surface area (Å²) in [5, 5.41) is 1.00. The van der Waals surface area contributed by atoms with E-state index in [9.17, 15) is 0 Å². The largest absolute Gasteiger partial charge is 0.399 e. The molecule has 1 heterocycles. The van der Waals surface area contributed by atoms with Crippen molar-refractivity contribution in [3.63, 3.8) is 0 Å². The lowest BCUT2D eigenvalue weighted by Crippen LogP contribution is -1.84. The Morgan fingerprint density at radius 1 is 1.22 bits per heavy atom. The van der Waals surface area contributed by atoms with E-state index in [0.717, 1.165) is 26.2 Å². The van der Waals surface area contributed by atoms with Gasteiger partial charge < -0.3 is 5.73 Å². The van der Waals surface area contributed by atoms with Gasteiger partial charge in [0.25, 0.3) is 0 Å². The monoisotopic (exact) mass is 318 g/mol. The van der Waals surface area contributed by atoms with Crippen molar-refractivity contribution in [3.8, 4) is 10.6 Å². The first kappa shape index (κ1) is 11.7. The lowest BCUT2D eigenvalue weighted by molar-refractivity contribution is 1.43. The molecule has 0 atom stereocenters. The van der Waals surface area contributed by atoms with Crippen molar-refractivity contribution in [2.24, 2.45) is 0 Å². The Morgan fingerprint density at radius 3 is 2.83 bits per heavy atom. The van der Waals surface area contributed by atoms with Crippen molar-refractivity contribution in [3.05, 3.63) is 46.4 Å². The predicted octanol–water partition coefficient (Wildman–Crippen LogP) is 4.62. The molecule has 0 fully saturated rings. The smallest absolute Gasteiger partial charge is 0.124 e. The molecule has 0 radical (unpaired) electrons. The zero-order chi connectivity index (χ0) is 12.7. The number of hydrogen-bond donors (Lipinski definition) is 1. The van der Waals surface area contributed by atoms with Crippen LogP contribution in [0.1, 0.15) is 5.56 Å². The zero-order valence-electron chi connectivity index (χ0n) is 9.77. The fourth-order valence-corrected chi connectivity index (χ4v) is 3.79. The first-order valence-corrected chi connectivity index (χ1v) is 7.17. The molecule has 0 saturated carbocycles. The van der Waals surface area contributed by atoms with Crippen LogP contribution in [-0.4, -0.2) is 4.98 Å². The summed E-state index contributed by atoms with van der Waals surface area (Å²) in [5.41, 5.74) is 9.90. The highest BCUT2D eigenvalue weighted by atomic mass is 79.9. The number of rotatable bonds is 1. The number of halogens is 1. The van der Waals surface area contributed by atoms with E-state index in [1.54, 1.807) is 11.3 Å². The second-order valence-corrected chi connectivity index (χ2v) is 6.12. The Morgan fingerprint density at radius 2 is 2.06 bits per heavy atom. The number of nitrogen functional groups attached to an aromatic ring is 1. The molecular weight excluding hydrogens is 308 g/mol. The van der Waals surface area contributed by atoms with Crippen LogP contribution in [0.3, 0.4) is 0 Å². The highest BCUT2D eigenvalue weighted by molar-refractivity contribution is 9.10. The summed E-state index contributed by atoms with van der Waals surface area (Å²) in [4.78, 5) is 4.68. The highest BCUT2D eigenvalue weighted by Crippen LogP contribution is 2.35. The van der Waals surface area contributed by atoms with Crippen LogP contribution in [-0.2, 0) is 0 Å². The maximum absolute atomic E-state index is 5.81. The van der Waals surface area contributed by atoms with Gasteiger partial charge in [-0.05, 0) is 52.7 Å². The van der Waals surface area contributed by atoms with E-state index in [4.69, 9.17) is 5.73 Å². The second-order valence-electron chi connectivity index (χ2n) is 4.24. The minimum absolute atomic E-state index is 0.766. The zero-order valence-corrected chi connectivity index (χ0v) is 12.2. The number of aryl methyl sites for hydroxylation is 1. The van der Waals surface area contributed by atoms with Crippen molar-refractivity contribution in [1.29, 1.82) is 0 Å². The number of aromatic nitrogens is 1. The number of nitrogens with two attached hydrogens (primary N) is 1. The van der Waals surface area contributed by atoms with E-state index in [0.29, 0.717) is 0 Å². The van der Waals surface area contributed by atoms with Crippen molar-refractivity contribution >= 4 is 43.2 Å². The molecule has 1 aromatic heterocycles. The van der Waals surface area contributed by atoms with Gasteiger partial charge in [-0.3, -0.25) is 0 Å². The molecule has 90 valence electrons. The van der Waals surface area contributed by atoms with Crippen molar-refractivity contribution in [2.75, 3.05) is 5.73 Å². The third kappa shape index (κ3) is 2.02. The average Bonchev–Trinajstić information content (AvgIpc) is 2.73. The summed E-state index contributed by atoms with van der Waals surface area (Å²) in [6, 6.07) is 12.1. The van der Waals surface area contributed by atoms with Crippen LogP contribution in [0.25, 0.3) is 20.8 Å². The molecule has 0 saturated heterocycles. The molecule has 0 bridgehead atoms. The molecule has 0 spiro atoms. The van der Waals surface area contributed by atoms with E-state index in [2.05, 4.69) is 40.0 Å². The molecule has 0 aliphatic heterocycles. The van der Waals surface area contributed by atoms with Crippen molar-refractivity contribution in [2.45, 2.75) is 6.92 Å². The molecule has 3 rings (SSSR count). The lowest BCUT2D eigenvalue weighted by atomic mass is 10.2. The standard InChI is InChI=1S/C14H11BrN2S/c1-8-5-11(15)13-12(6-8)18-14(17-13)9-3-2-4-10(16)7-9/h2-7H,16H2,1H3. The minimum atomic E-state index is 0.766. The maximum atomic E-state index is 5.81. The van der Waals surface area contributed by atoms with Crippen molar-refractivity contribution < 1.29 is 0 Å². The summed E-state index contributed by atoms with van der Waals surface area (Å²) >= 11 is 5.26. The fourth-order valence-electron chi connectivity index (χ4n) is 1.91. The van der Waals surface area contributed by atoms with Gasteiger partial charge >= 0.3 is 0 Å². The molecule has 3 aromatic rings. The van der Waals surface area contributed by atoms with Crippen molar-refractivity contribution in [1.82, 2.24) is 4.98 Å². The Labute approximate surface area is 118 Å². The van der Waals surface area contributed by atoms with Gasteiger partial charge in [0.2, 0.25) is 0 Å². The van der Waals surface area contributed by atoms with Gasteiger partial charge in [-0.1, -0.05) is 12.1 Å². The SMILES string of the molecule is Cc1cc(Br)c2nc(-c3cccc(N)c3)sc2c1. The predicted molar refractivity (Wildman–Crippen MR) is 81.9 cm³/mol. The van der Waals surface area contributed by atoms with E-state index < -0.39 is 0 Å². The molecule has 2 N–H and O–H groups in total. The van der Waals surface area contributed by atoms with E-state index in [1.807, 2.05) is 24.3 Å². The molecule has 0 aliphatic rings. The number of nitrogens with zero attached hydrogens (tertiary/aromatic N) is 1. The van der Waals surface area contributed by atoms with Crippen LogP contribution in [0.2, 0.25) is 0 Å². The number of hydrogen-bond acceptors (Lipinski definition) is 3. The summed E-state index contributed by atoms with van der Waals surface area (Å²) < 4.78 is 2.24. The highest BCUT2D eigenvalue weighted by Gasteiger charge is 2.09. The normalized spacial score (nSPS) is 11.0. The molecule has 18 heavy (non-hydrogen) atoms. The summed E-state index contributed by atoms with van der Waals surface area (Å²) in [7, 11) is 0. The van der Waals surface area contributed by atoms with Crippen LogP contribution in [0, 0.1) is 6.92 Å². The molecule has 4 heteroatoms. The Hall–Kier alpha value is -1.39. The van der Waals surface area contributed by atoms with Gasteiger partial charge in [0, 0.05) is 15.7 Å². The van der Waals surface area contributed by atoms with Crippen LogP contribution in [0.4, 0.5) is 5.69 Å². The first-order chi connectivity index (χ1) is 8.63. The van der Waals surface area contributed by atoms with Gasteiger partial charge in [-0.15, -0.1) is 11.3 Å². The van der Waals surface area contributed by atoms with Gasteiger partial charge in [-0.25, -0.2) is 4.98 Å². The molecule has 0 aliphatic carbocycles. The topological polar surface area (TPSA) is 38.9 Å². The number of anilines is 1. The minimum Gasteiger partial charge on any atom is -0.399 e. The maximum Gasteiger partial charge on any atom is 0.124 e. The summed E-state index contributed by atoms with van der Waals surface area (Å²) in [6.45, 7) is 2.09. The molecule has 0 unspecified atom stereocenters. The second kappa shape index (κ2) is 4.37. The van der Waals surface area contributed by atoms with Crippen LogP contribution in [0.5, 0.6) is 0 Å². The van der Waals surface area contributed by atoms with Crippen LogP contribution >= 0.6 is 27.3 Å². The average molecular weight is 319 g/mol. The lowest BCUT2D eigenvalue weighted by Gasteiger charge is -1.96. The van der Waals surface area contributed by atoms with Gasteiger partial charge in [-0.2, -0.15) is 0 Å². The van der Waals surface area contributed by atoms with E-state index in [1.165, 1.54) is 10.3 Å². The number of benzene rings is 2. The van der Waals surface area contributed by atoms with Gasteiger partial charge in [0.1, 0.15) is 5.01 Å². The van der Waals surface area contributed by atoms with Gasteiger partial charge in [0.05, 0.1) is 10.2 Å². The quantitative estimate of drug-likeness (QED) is 0.665. The summed E-state index contributed by atoms with van der Waals surface area (Å²) in [6.07, 6.45) is 0. The first-order valence-electron chi connectivity index (χ1n) is 5.56. The number of thiazole rings is 1. The number of fused-ring (bicyclic) bond motifs is 1. The molecular formula is C14H11BrN2S. The van der Waals surface area contributed by atoms with E-state index in [-0.39, 0.29) is 0 Å². The van der Waals surface area contributed by atoms with Crippen LogP contribution < -0.4 is 5.73 Å². The third-order valence-electron chi connectivity index (χ3n) is 2.73. The fraction of sp³-hybridized carbons (Fsp3) is 0.0714. The molecule has 0 amide bonds. The Balaban J connectivity index is 2.22. The Bertz CT molecular complexity index is 734. The van der Waals surface area contributed by atoms with Crippen LogP contribution in [0.15, 0.2) is 40.9 Å². The summed E-state index contributed by atoms with van der Waals surface area (Å²) in [5.74, 6) is 0. The Kier molecular flexibility index (Phi) is 2.84. The molecule has 2 aromatic carbocycles. The third-order valence-corrected chi connectivity index (χ3v) is 4.38. The van der Waals surface area contributed by atoms with Gasteiger partial charge in [0.15, 0.2) is 0 Å².